The minimum absolute atomic E-state index is 0.123. The summed E-state index contributed by atoms with van der Waals surface area (Å²) in [6.45, 7) is 0.123. The summed E-state index contributed by atoms with van der Waals surface area (Å²) in [6, 6.07) is 14.9. The minimum Gasteiger partial charge on any atom is -0.494 e. The molecule has 0 unspecified atom stereocenters. The van der Waals surface area contributed by atoms with Crippen molar-refractivity contribution in [1.82, 2.24) is 0 Å². The largest absolute Gasteiger partial charge is 0.494 e. The van der Waals surface area contributed by atoms with Gasteiger partial charge in [0.05, 0.1) is 12.0 Å². The van der Waals surface area contributed by atoms with Crippen molar-refractivity contribution >= 4 is 9.84 Å². The Hall–Kier alpha value is -3.06. The Morgan fingerprint density at radius 2 is 1.46 bits per heavy atom. The van der Waals surface area contributed by atoms with Crippen LogP contribution in [0.4, 0.5) is 4.39 Å². The molecule has 7 heteroatoms. The highest BCUT2D eigenvalue weighted by atomic mass is 32.2. The molecule has 0 aliphatic carbocycles. The fourth-order valence-corrected chi connectivity index (χ4v) is 3.76. The Bertz CT molecular complexity index is 1150. The molecule has 28 heavy (non-hydrogen) atoms. The molecule has 1 heterocycles. The van der Waals surface area contributed by atoms with Crippen LogP contribution in [0.15, 0.2) is 59.5 Å². The number of hydrogen-bond donors (Lipinski definition) is 0. The molecule has 0 saturated heterocycles. The van der Waals surface area contributed by atoms with E-state index in [1.807, 2.05) is 12.1 Å². The highest BCUT2D eigenvalue weighted by Gasteiger charge is 2.20. The highest BCUT2D eigenvalue weighted by Crippen LogP contribution is 2.43. The van der Waals surface area contributed by atoms with E-state index in [9.17, 15) is 12.8 Å². The zero-order valence-electron chi connectivity index (χ0n) is 15.2. The molecule has 0 saturated carbocycles. The maximum absolute atomic E-state index is 13.9. The molecule has 144 valence electrons. The number of ether oxygens (including phenoxy) is 3. The summed E-state index contributed by atoms with van der Waals surface area (Å²) in [5, 5.41) is 0. The Balaban J connectivity index is 1.90. The van der Waals surface area contributed by atoms with Crippen molar-refractivity contribution in [3.8, 4) is 39.5 Å². The zero-order chi connectivity index (χ0) is 19.9. The number of sulfone groups is 1. The van der Waals surface area contributed by atoms with Gasteiger partial charge in [-0.25, -0.2) is 12.8 Å². The summed E-state index contributed by atoms with van der Waals surface area (Å²) in [5.41, 5.74) is 3.12. The Morgan fingerprint density at radius 1 is 0.893 bits per heavy atom. The maximum atomic E-state index is 13.9. The van der Waals surface area contributed by atoms with Crippen LogP contribution in [0.3, 0.4) is 0 Å². The molecule has 0 N–H and O–H groups in total. The van der Waals surface area contributed by atoms with Gasteiger partial charge in [-0.2, -0.15) is 0 Å². The van der Waals surface area contributed by atoms with Gasteiger partial charge in [0.2, 0.25) is 6.79 Å². The zero-order valence-corrected chi connectivity index (χ0v) is 16.0. The van der Waals surface area contributed by atoms with Crippen LogP contribution in [0.1, 0.15) is 0 Å². The van der Waals surface area contributed by atoms with Gasteiger partial charge in [0.25, 0.3) is 0 Å². The third-order valence-electron chi connectivity index (χ3n) is 4.57. The van der Waals surface area contributed by atoms with E-state index in [1.165, 1.54) is 19.4 Å². The minimum atomic E-state index is -3.29. The van der Waals surface area contributed by atoms with E-state index in [0.717, 1.165) is 22.3 Å². The van der Waals surface area contributed by atoms with Crippen LogP contribution in [0.25, 0.3) is 22.3 Å². The molecule has 0 amide bonds. The molecular formula is C21H17FO5S. The SMILES string of the molecule is COc1cc(-c2cc3c(cc2-c2ccc(S(C)(=O)=O)cc2)OCO3)ccc1F. The van der Waals surface area contributed by atoms with Crippen LogP contribution in [0, 0.1) is 5.82 Å². The molecule has 5 nitrogen and oxygen atoms in total. The fraction of sp³-hybridized carbons (Fsp3) is 0.143. The first-order valence-electron chi connectivity index (χ1n) is 8.45. The molecule has 1 aliphatic heterocycles. The third kappa shape index (κ3) is 3.29. The molecular weight excluding hydrogens is 383 g/mol. The maximum Gasteiger partial charge on any atom is 0.231 e. The van der Waals surface area contributed by atoms with Gasteiger partial charge >= 0.3 is 0 Å². The van der Waals surface area contributed by atoms with Gasteiger partial charge in [0.1, 0.15) is 0 Å². The normalized spacial score (nSPS) is 12.8. The monoisotopic (exact) mass is 400 g/mol. The topological polar surface area (TPSA) is 61.8 Å². The summed E-state index contributed by atoms with van der Waals surface area (Å²) >= 11 is 0. The molecule has 4 rings (SSSR count). The van der Waals surface area contributed by atoms with Gasteiger partial charge in [-0.1, -0.05) is 18.2 Å². The van der Waals surface area contributed by atoms with Crippen LogP contribution in [0.2, 0.25) is 0 Å². The standard InChI is InChI=1S/C21H17FO5S/c1-25-19-9-14(5-8-18(19)22)17-11-21-20(26-12-27-21)10-16(17)13-3-6-15(7-4-13)28(2,23)24/h3-11H,12H2,1-2H3. The van der Waals surface area contributed by atoms with Crippen LogP contribution in [-0.2, 0) is 9.84 Å². The summed E-state index contributed by atoms with van der Waals surface area (Å²) in [7, 11) is -1.88. The molecule has 0 atom stereocenters. The predicted octanol–water partition coefficient (Wildman–Crippen LogP) is 4.30. The second-order valence-electron chi connectivity index (χ2n) is 6.40. The molecule has 0 bridgehead atoms. The number of halogens is 1. The second kappa shape index (κ2) is 6.83. The van der Waals surface area contributed by atoms with Gasteiger partial charge in [-0.05, 0) is 58.7 Å². The van der Waals surface area contributed by atoms with Crippen molar-refractivity contribution in [2.45, 2.75) is 4.90 Å². The van der Waals surface area contributed by atoms with Crippen LogP contribution >= 0.6 is 0 Å². The average Bonchev–Trinajstić information content (AvgIpc) is 3.14. The molecule has 3 aromatic rings. The molecule has 0 radical (unpaired) electrons. The van der Waals surface area contributed by atoms with Crippen molar-refractivity contribution in [1.29, 1.82) is 0 Å². The molecule has 1 aliphatic rings. The lowest BCUT2D eigenvalue weighted by Crippen LogP contribution is -1.96. The van der Waals surface area contributed by atoms with Crippen molar-refractivity contribution < 1.29 is 27.0 Å². The second-order valence-corrected chi connectivity index (χ2v) is 8.41. The highest BCUT2D eigenvalue weighted by molar-refractivity contribution is 7.90. The summed E-state index contributed by atoms with van der Waals surface area (Å²) in [6.07, 6.45) is 1.17. The first kappa shape index (κ1) is 18.3. The first-order valence-corrected chi connectivity index (χ1v) is 10.3. The lowest BCUT2D eigenvalue weighted by molar-refractivity contribution is 0.174. The van der Waals surface area contributed by atoms with Gasteiger partial charge in [0, 0.05) is 6.26 Å². The average molecular weight is 400 g/mol. The van der Waals surface area contributed by atoms with Crippen molar-refractivity contribution in [3.05, 3.63) is 60.4 Å². The summed E-state index contributed by atoms with van der Waals surface area (Å²) in [5.74, 6) is 0.870. The van der Waals surface area contributed by atoms with E-state index >= 15 is 0 Å². The number of hydrogen-bond acceptors (Lipinski definition) is 5. The Labute approximate surface area is 162 Å². The fourth-order valence-electron chi connectivity index (χ4n) is 3.13. The Kier molecular flexibility index (Phi) is 4.47. The van der Waals surface area contributed by atoms with Gasteiger partial charge in [-0.3, -0.25) is 0 Å². The van der Waals surface area contributed by atoms with Crippen LogP contribution < -0.4 is 14.2 Å². The number of fused-ring (bicyclic) bond motifs is 1. The van der Waals surface area contributed by atoms with E-state index in [4.69, 9.17) is 14.2 Å². The molecule has 0 aromatic heterocycles. The smallest absolute Gasteiger partial charge is 0.231 e. The van der Waals surface area contributed by atoms with E-state index in [2.05, 4.69) is 0 Å². The van der Waals surface area contributed by atoms with Crippen LogP contribution in [-0.4, -0.2) is 28.6 Å². The van der Waals surface area contributed by atoms with E-state index in [-0.39, 0.29) is 17.4 Å². The Morgan fingerprint density at radius 3 is 2.04 bits per heavy atom. The lowest BCUT2D eigenvalue weighted by Gasteiger charge is -2.13. The first-order chi connectivity index (χ1) is 13.4. The summed E-state index contributed by atoms with van der Waals surface area (Å²) in [4.78, 5) is 0.238. The summed E-state index contributed by atoms with van der Waals surface area (Å²) < 4.78 is 53.4. The number of rotatable bonds is 4. The quantitative estimate of drug-likeness (QED) is 0.653. The van der Waals surface area contributed by atoms with E-state index in [0.29, 0.717) is 11.5 Å². The van der Waals surface area contributed by atoms with Crippen molar-refractivity contribution in [2.75, 3.05) is 20.2 Å². The van der Waals surface area contributed by atoms with Crippen molar-refractivity contribution in [2.24, 2.45) is 0 Å². The molecule has 3 aromatic carbocycles. The van der Waals surface area contributed by atoms with Crippen LogP contribution in [0.5, 0.6) is 17.2 Å². The molecule has 0 fully saturated rings. The van der Waals surface area contributed by atoms with Gasteiger partial charge in [-0.15, -0.1) is 0 Å². The van der Waals surface area contributed by atoms with Gasteiger partial charge in [0.15, 0.2) is 32.9 Å². The lowest BCUT2D eigenvalue weighted by atomic mass is 9.93. The van der Waals surface area contributed by atoms with E-state index < -0.39 is 15.7 Å². The molecule has 0 spiro atoms. The van der Waals surface area contributed by atoms with Gasteiger partial charge < -0.3 is 14.2 Å². The number of methoxy groups -OCH3 is 1. The third-order valence-corrected chi connectivity index (χ3v) is 5.70. The number of benzene rings is 3. The van der Waals surface area contributed by atoms with Crippen molar-refractivity contribution in [3.63, 3.8) is 0 Å². The van der Waals surface area contributed by atoms with E-state index in [1.54, 1.807) is 36.4 Å². The predicted molar refractivity (Wildman–Crippen MR) is 103 cm³/mol.